The molecule has 130 valence electrons. The number of rotatable bonds is 7. The average molecular weight is 355 g/mol. The Labute approximate surface area is 152 Å². The molecule has 0 radical (unpaired) electrons. The third-order valence-electron chi connectivity index (χ3n) is 3.49. The van der Waals surface area contributed by atoms with Crippen LogP contribution in [0.2, 0.25) is 0 Å². The number of aryl methyl sites for hydroxylation is 1. The van der Waals surface area contributed by atoms with E-state index in [2.05, 4.69) is 11.9 Å². The first-order valence-corrected chi connectivity index (χ1v) is 8.97. The Morgan fingerprint density at radius 1 is 1.24 bits per heavy atom. The fourth-order valence-corrected chi connectivity index (χ4v) is 3.00. The van der Waals surface area contributed by atoms with Crippen LogP contribution in [0.3, 0.4) is 0 Å². The highest BCUT2D eigenvalue weighted by Crippen LogP contribution is 2.25. The van der Waals surface area contributed by atoms with Gasteiger partial charge in [-0.1, -0.05) is 24.3 Å². The summed E-state index contributed by atoms with van der Waals surface area (Å²) in [5.41, 5.74) is 2.48. The van der Waals surface area contributed by atoms with Gasteiger partial charge in [-0.05, 0) is 43.7 Å². The molecule has 0 fully saturated rings. The topological polar surface area (TPSA) is 55.4 Å². The van der Waals surface area contributed by atoms with E-state index in [-0.39, 0.29) is 5.91 Å². The van der Waals surface area contributed by atoms with Gasteiger partial charge in [0, 0.05) is 16.3 Å². The summed E-state index contributed by atoms with van der Waals surface area (Å²) in [4.78, 5) is 25.5. The minimum absolute atomic E-state index is 0.212. The number of thioether (sulfide) groups is 1. The zero-order valence-electron chi connectivity index (χ0n) is 14.4. The molecule has 25 heavy (non-hydrogen) atoms. The molecule has 0 aromatic heterocycles. The summed E-state index contributed by atoms with van der Waals surface area (Å²) in [6, 6.07) is 12.5. The number of anilines is 1. The van der Waals surface area contributed by atoms with Gasteiger partial charge in [-0.25, -0.2) is 4.79 Å². The molecule has 0 aliphatic rings. The van der Waals surface area contributed by atoms with Gasteiger partial charge < -0.3 is 10.1 Å². The minimum atomic E-state index is -0.403. The Morgan fingerprint density at radius 2 is 2.00 bits per heavy atom. The van der Waals surface area contributed by atoms with Crippen LogP contribution in [0, 0.1) is 6.92 Å². The summed E-state index contributed by atoms with van der Waals surface area (Å²) < 4.78 is 5.01. The van der Waals surface area contributed by atoms with Crippen molar-refractivity contribution < 1.29 is 14.3 Å². The van der Waals surface area contributed by atoms with Gasteiger partial charge in [0.2, 0.25) is 0 Å². The highest BCUT2D eigenvalue weighted by Gasteiger charge is 2.14. The summed E-state index contributed by atoms with van der Waals surface area (Å²) in [5.74, 6) is 0.109. The van der Waals surface area contributed by atoms with E-state index in [0.29, 0.717) is 23.4 Å². The molecule has 0 unspecified atom stereocenters. The first kappa shape index (κ1) is 18.8. The van der Waals surface area contributed by atoms with Crippen LogP contribution in [0.4, 0.5) is 5.69 Å². The van der Waals surface area contributed by atoms with Crippen LogP contribution in [-0.4, -0.2) is 24.2 Å². The fraction of sp³-hybridized carbons (Fsp3) is 0.200. The van der Waals surface area contributed by atoms with Crippen LogP contribution in [-0.2, 0) is 4.74 Å². The van der Waals surface area contributed by atoms with Crippen LogP contribution in [0.5, 0.6) is 0 Å². The number of hydrogen-bond donors (Lipinski definition) is 1. The van der Waals surface area contributed by atoms with Gasteiger partial charge in [-0.2, -0.15) is 0 Å². The molecule has 0 saturated carbocycles. The molecule has 0 saturated heterocycles. The molecule has 5 heteroatoms. The summed E-state index contributed by atoms with van der Waals surface area (Å²) in [5, 5.41) is 2.89. The van der Waals surface area contributed by atoms with Crippen molar-refractivity contribution in [3.63, 3.8) is 0 Å². The summed E-state index contributed by atoms with van der Waals surface area (Å²) in [6.45, 7) is 7.65. The molecule has 0 heterocycles. The zero-order chi connectivity index (χ0) is 18.2. The summed E-state index contributed by atoms with van der Waals surface area (Å²) >= 11 is 1.55. The largest absolute Gasteiger partial charge is 0.462 e. The number of esters is 1. The Bertz CT molecular complexity index is 786. The van der Waals surface area contributed by atoms with E-state index < -0.39 is 5.97 Å². The Morgan fingerprint density at radius 3 is 2.72 bits per heavy atom. The molecule has 0 atom stereocenters. The maximum atomic E-state index is 12.7. The third kappa shape index (κ3) is 4.97. The van der Waals surface area contributed by atoms with Crippen molar-refractivity contribution in [2.45, 2.75) is 18.7 Å². The second-order valence-electron chi connectivity index (χ2n) is 5.30. The lowest BCUT2D eigenvalue weighted by Crippen LogP contribution is -2.15. The van der Waals surface area contributed by atoms with Gasteiger partial charge in [0.1, 0.15) is 0 Å². The van der Waals surface area contributed by atoms with E-state index in [1.54, 1.807) is 49.0 Å². The molecular weight excluding hydrogens is 334 g/mol. The second-order valence-corrected chi connectivity index (χ2v) is 6.36. The summed E-state index contributed by atoms with van der Waals surface area (Å²) in [7, 11) is 0. The second kappa shape index (κ2) is 9.08. The average Bonchev–Trinajstić information content (AvgIpc) is 2.62. The van der Waals surface area contributed by atoms with E-state index >= 15 is 0 Å². The lowest BCUT2D eigenvalue weighted by Gasteiger charge is -2.12. The third-order valence-corrected chi connectivity index (χ3v) is 4.55. The molecule has 1 amide bonds. The quantitative estimate of drug-likeness (QED) is 0.444. The maximum Gasteiger partial charge on any atom is 0.338 e. The lowest BCUT2D eigenvalue weighted by molar-refractivity contribution is 0.0526. The molecule has 0 aliphatic heterocycles. The van der Waals surface area contributed by atoms with Crippen molar-refractivity contribution in [2.24, 2.45) is 0 Å². The number of carbonyl (C=O) groups excluding carboxylic acids is 2. The maximum absolute atomic E-state index is 12.7. The Balaban J connectivity index is 2.25. The van der Waals surface area contributed by atoms with Gasteiger partial charge in [-0.15, -0.1) is 18.3 Å². The molecule has 0 spiro atoms. The summed E-state index contributed by atoms with van der Waals surface area (Å²) in [6.07, 6.45) is 1.80. The number of nitrogens with one attached hydrogen (secondary N) is 1. The van der Waals surface area contributed by atoms with Crippen molar-refractivity contribution in [3.8, 4) is 0 Å². The minimum Gasteiger partial charge on any atom is -0.462 e. The number of hydrogen-bond acceptors (Lipinski definition) is 4. The van der Waals surface area contributed by atoms with Gasteiger partial charge in [-0.3, -0.25) is 4.79 Å². The standard InChI is InChI=1S/C20H21NO3S/c1-4-12-25-18-9-7-6-8-16(18)19(22)21-17-13-15(11-10-14(17)3)20(23)24-5-2/h4,6-11,13H,1,5,12H2,2-3H3,(H,21,22). The van der Waals surface area contributed by atoms with Crippen molar-refractivity contribution >= 4 is 29.3 Å². The van der Waals surface area contributed by atoms with E-state index in [0.717, 1.165) is 16.2 Å². The molecule has 0 aliphatic carbocycles. The number of ether oxygens (including phenoxy) is 1. The number of benzene rings is 2. The van der Waals surface area contributed by atoms with E-state index in [9.17, 15) is 9.59 Å². The highest BCUT2D eigenvalue weighted by atomic mass is 32.2. The molecule has 4 nitrogen and oxygen atoms in total. The van der Waals surface area contributed by atoms with Crippen molar-refractivity contribution in [2.75, 3.05) is 17.7 Å². The van der Waals surface area contributed by atoms with Crippen LogP contribution < -0.4 is 5.32 Å². The van der Waals surface area contributed by atoms with Gasteiger partial charge >= 0.3 is 5.97 Å². The van der Waals surface area contributed by atoms with Gasteiger partial charge in [0.05, 0.1) is 17.7 Å². The fourth-order valence-electron chi connectivity index (χ4n) is 2.22. The SMILES string of the molecule is C=CCSc1ccccc1C(=O)Nc1cc(C(=O)OCC)ccc1C. The smallest absolute Gasteiger partial charge is 0.338 e. The van der Waals surface area contributed by atoms with Crippen molar-refractivity contribution in [3.05, 3.63) is 71.8 Å². The predicted molar refractivity (Wildman–Crippen MR) is 102 cm³/mol. The van der Waals surface area contributed by atoms with Crippen LogP contribution in [0.25, 0.3) is 0 Å². The first-order chi connectivity index (χ1) is 12.1. The van der Waals surface area contributed by atoms with Crippen LogP contribution in [0.1, 0.15) is 33.2 Å². The first-order valence-electron chi connectivity index (χ1n) is 7.98. The number of carbonyl (C=O) groups is 2. The van der Waals surface area contributed by atoms with Crippen LogP contribution in [0.15, 0.2) is 60.0 Å². The van der Waals surface area contributed by atoms with E-state index in [1.165, 1.54) is 0 Å². The molecule has 2 rings (SSSR count). The predicted octanol–water partition coefficient (Wildman–Crippen LogP) is 4.70. The molecule has 2 aromatic rings. The molecule has 2 aromatic carbocycles. The van der Waals surface area contributed by atoms with Gasteiger partial charge in [0.25, 0.3) is 5.91 Å². The Hall–Kier alpha value is -2.53. The lowest BCUT2D eigenvalue weighted by atomic mass is 10.1. The number of amides is 1. The van der Waals surface area contributed by atoms with Crippen LogP contribution >= 0.6 is 11.8 Å². The Kier molecular flexibility index (Phi) is 6.83. The van der Waals surface area contributed by atoms with E-state index in [1.807, 2.05) is 25.1 Å². The molecular formula is C20H21NO3S. The molecule has 0 bridgehead atoms. The monoisotopic (exact) mass is 355 g/mol. The highest BCUT2D eigenvalue weighted by molar-refractivity contribution is 7.99. The van der Waals surface area contributed by atoms with Crippen molar-refractivity contribution in [1.29, 1.82) is 0 Å². The molecule has 1 N–H and O–H groups in total. The normalized spacial score (nSPS) is 10.2. The van der Waals surface area contributed by atoms with Gasteiger partial charge in [0.15, 0.2) is 0 Å². The zero-order valence-corrected chi connectivity index (χ0v) is 15.2. The van der Waals surface area contributed by atoms with Crippen molar-refractivity contribution in [1.82, 2.24) is 0 Å². The van der Waals surface area contributed by atoms with E-state index in [4.69, 9.17) is 4.74 Å².